The number of likely N-dealkylation sites (tertiary alicyclic amines) is 1. The Balaban J connectivity index is 1.38. The molecule has 0 saturated carbocycles. The fourth-order valence-electron chi connectivity index (χ4n) is 4.09. The van der Waals surface area contributed by atoms with E-state index < -0.39 is 6.10 Å². The number of hydrogen-bond acceptors (Lipinski definition) is 3. The Morgan fingerprint density at radius 3 is 2.43 bits per heavy atom. The molecule has 1 N–H and O–H groups in total. The van der Waals surface area contributed by atoms with Gasteiger partial charge >= 0.3 is 0 Å². The summed E-state index contributed by atoms with van der Waals surface area (Å²) in [5.41, 5.74) is 2.47. The Hall–Kier alpha value is -2.85. The van der Waals surface area contributed by atoms with Gasteiger partial charge in [0.1, 0.15) is 5.75 Å². The number of nitrogens with zero attached hydrogens (tertiary/aromatic N) is 1. The normalized spacial score (nSPS) is 15.2. The van der Waals surface area contributed by atoms with E-state index in [1.807, 2.05) is 43.3 Å². The number of carbonyl (C=O) groups excluding carboxylic acids is 1. The van der Waals surface area contributed by atoms with Gasteiger partial charge in [0.15, 0.2) is 6.10 Å². The van der Waals surface area contributed by atoms with E-state index in [2.05, 4.69) is 40.5 Å². The second-order valence-corrected chi connectivity index (χ2v) is 7.99. The van der Waals surface area contributed by atoms with Gasteiger partial charge in [0, 0.05) is 13.1 Å². The molecule has 0 aromatic heterocycles. The highest BCUT2D eigenvalue weighted by Gasteiger charge is 2.19. The second-order valence-electron chi connectivity index (χ2n) is 7.99. The zero-order valence-electron chi connectivity index (χ0n) is 17.6. The third-order valence-corrected chi connectivity index (χ3v) is 5.83. The molecule has 4 heteroatoms. The summed E-state index contributed by atoms with van der Waals surface area (Å²) in [7, 11) is 0. The highest BCUT2D eigenvalue weighted by atomic mass is 16.5. The van der Waals surface area contributed by atoms with Gasteiger partial charge in [-0.2, -0.15) is 0 Å². The largest absolute Gasteiger partial charge is 0.481 e. The maximum atomic E-state index is 12.8. The van der Waals surface area contributed by atoms with Gasteiger partial charge in [-0.1, -0.05) is 61.5 Å². The van der Waals surface area contributed by atoms with Gasteiger partial charge in [-0.25, -0.2) is 0 Å². The zero-order valence-corrected chi connectivity index (χ0v) is 17.6. The fraction of sp³-hybridized carbons (Fsp3) is 0.346. The van der Waals surface area contributed by atoms with Crippen LogP contribution in [-0.2, 0) is 17.9 Å². The van der Waals surface area contributed by atoms with Crippen LogP contribution in [0.5, 0.6) is 5.75 Å². The molecular weight excluding hydrogens is 372 g/mol. The summed E-state index contributed by atoms with van der Waals surface area (Å²) in [5.74, 6) is 0.659. The first-order valence-electron chi connectivity index (χ1n) is 11.0. The molecule has 0 spiro atoms. The van der Waals surface area contributed by atoms with Gasteiger partial charge < -0.3 is 10.1 Å². The molecule has 1 aliphatic rings. The summed E-state index contributed by atoms with van der Waals surface area (Å²) in [4.78, 5) is 15.3. The van der Waals surface area contributed by atoms with E-state index in [9.17, 15) is 4.79 Å². The lowest BCUT2D eigenvalue weighted by molar-refractivity contribution is -0.128. The average Bonchev–Trinajstić information content (AvgIpc) is 3.29. The van der Waals surface area contributed by atoms with Crippen molar-refractivity contribution >= 4 is 16.7 Å². The maximum absolute atomic E-state index is 12.8. The Bertz CT molecular complexity index is 995. The molecule has 1 atom stereocenters. The molecular formula is C26H30N2O2. The zero-order chi connectivity index (χ0) is 20.8. The molecule has 1 aliphatic heterocycles. The lowest BCUT2D eigenvalue weighted by atomic mass is 10.1. The van der Waals surface area contributed by atoms with Gasteiger partial charge in [-0.15, -0.1) is 0 Å². The lowest BCUT2D eigenvalue weighted by Crippen LogP contribution is -2.37. The van der Waals surface area contributed by atoms with Gasteiger partial charge in [0.2, 0.25) is 0 Å². The van der Waals surface area contributed by atoms with E-state index in [4.69, 9.17) is 4.74 Å². The third kappa shape index (κ3) is 5.00. The minimum atomic E-state index is -0.503. The summed E-state index contributed by atoms with van der Waals surface area (Å²) < 4.78 is 6.04. The second kappa shape index (κ2) is 9.77. The molecule has 1 heterocycles. The summed E-state index contributed by atoms with van der Waals surface area (Å²) in [6, 6.07) is 22.5. The summed E-state index contributed by atoms with van der Waals surface area (Å²) in [5, 5.41) is 5.37. The number of amides is 1. The van der Waals surface area contributed by atoms with Gasteiger partial charge in [0.25, 0.3) is 5.91 Å². The van der Waals surface area contributed by atoms with Crippen LogP contribution in [0.15, 0.2) is 66.7 Å². The monoisotopic (exact) mass is 402 g/mol. The average molecular weight is 403 g/mol. The first-order chi connectivity index (χ1) is 14.7. The molecule has 3 aromatic carbocycles. The molecule has 0 radical (unpaired) electrons. The van der Waals surface area contributed by atoms with Crippen molar-refractivity contribution in [1.82, 2.24) is 10.2 Å². The van der Waals surface area contributed by atoms with Crippen LogP contribution in [0.2, 0.25) is 0 Å². The van der Waals surface area contributed by atoms with Gasteiger partial charge in [-0.3, -0.25) is 9.69 Å². The number of ether oxygens (including phenoxy) is 1. The van der Waals surface area contributed by atoms with Crippen molar-refractivity contribution in [3.63, 3.8) is 0 Å². The summed E-state index contributed by atoms with van der Waals surface area (Å²) in [6.07, 6.45) is 2.68. The molecule has 3 aromatic rings. The van der Waals surface area contributed by atoms with Crippen LogP contribution in [0.3, 0.4) is 0 Å². The van der Waals surface area contributed by atoms with Crippen molar-refractivity contribution in [2.45, 2.75) is 45.4 Å². The molecule has 1 fully saturated rings. The molecule has 4 rings (SSSR count). The number of benzene rings is 3. The van der Waals surface area contributed by atoms with E-state index in [0.29, 0.717) is 13.0 Å². The predicted molar refractivity (Wildman–Crippen MR) is 121 cm³/mol. The standard InChI is InChI=1S/C26H30N2O2/c1-2-25(30-24-14-13-20-9-3-4-10-21(20)17-24)26(29)27-18-22-11-5-6-12-23(22)19-28-15-7-8-16-28/h3-6,9-14,17,25H,2,7-8,15-16,18-19H2,1H3,(H,27,29). The van der Waals surface area contributed by atoms with Crippen LogP contribution in [0.25, 0.3) is 10.8 Å². The Morgan fingerprint density at radius 1 is 0.967 bits per heavy atom. The third-order valence-electron chi connectivity index (χ3n) is 5.83. The number of nitrogens with one attached hydrogen (secondary N) is 1. The maximum Gasteiger partial charge on any atom is 0.261 e. The van der Waals surface area contributed by atoms with Crippen LogP contribution in [-0.4, -0.2) is 30.0 Å². The van der Waals surface area contributed by atoms with Crippen molar-refractivity contribution in [2.24, 2.45) is 0 Å². The first-order valence-corrected chi connectivity index (χ1v) is 11.0. The predicted octanol–water partition coefficient (Wildman–Crippen LogP) is 4.91. The molecule has 0 bridgehead atoms. The number of rotatable bonds is 8. The molecule has 30 heavy (non-hydrogen) atoms. The molecule has 4 nitrogen and oxygen atoms in total. The van der Waals surface area contributed by atoms with E-state index in [1.54, 1.807) is 0 Å². The number of carbonyl (C=O) groups is 1. The Morgan fingerprint density at radius 2 is 1.67 bits per heavy atom. The minimum Gasteiger partial charge on any atom is -0.481 e. The van der Waals surface area contributed by atoms with Crippen molar-refractivity contribution in [3.8, 4) is 5.75 Å². The molecule has 1 unspecified atom stereocenters. The van der Waals surface area contributed by atoms with E-state index in [-0.39, 0.29) is 5.91 Å². The fourth-order valence-corrected chi connectivity index (χ4v) is 4.09. The lowest BCUT2D eigenvalue weighted by Gasteiger charge is -2.20. The van der Waals surface area contributed by atoms with Gasteiger partial charge in [0.05, 0.1) is 0 Å². The Labute approximate surface area is 178 Å². The van der Waals surface area contributed by atoms with Crippen molar-refractivity contribution in [3.05, 3.63) is 77.9 Å². The molecule has 1 amide bonds. The van der Waals surface area contributed by atoms with Crippen molar-refractivity contribution in [1.29, 1.82) is 0 Å². The topological polar surface area (TPSA) is 41.6 Å². The highest BCUT2D eigenvalue weighted by Crippen LogP contribution is 2.22. The van der Waals surface area contributed by atoms with Crippen LogP contribution in [0.1, 0.15) is 37.3 Å². The van der Waals surface area contributed by atoms with Crippen molar-refractivity contribution in [2.75, 3.05) is 13.1 Å². The quantitative estimate of drug-likeness (QED) is 0.582. The van der Waals surface area contributed by atoms with E-state index in [1.165, 1.54) is 24.0 Å². The molecule has 156 valence electrons. The van der Waals surface area contributed by atoms with Crippen LogP contribution in [0, 0.1) is 0 Å². The molecule has 1 saturated heterocycles. The van der Waals surface area contributed by atoms with Crippen molar-refractivity contribution < 1.29 is 9.53 Å². The Kier molecular flexibility index (Phi) is 6.65. The summed E-state index contributed by atoms with van der Waals surface area (Å²) in [6.45, 7) is 5.79. The first kappa shape index (κ1) is 20.4. The summed E-state index contributed by atoms with van der Waals surface area (Å²) >= 11 is 0. The van der Waals surface area contributed by atoms with E-state index in [0.717, 1.165) is 36.2 Å². The highest BCUT2D eigenvalue weighted by molar-refractivity contribution is 5.84. The van der Waals surface area contributed by atoms with Gasteiger partial charge in [-0.05, 0) is 66.4 Å². The minimum absolute atomic E-state index is 0.0679. The smallest absolute Gasteiger partial charge is 0.261 e. The van der Waals surface area contributed by atoms with E-state index >= 15 is 0 Å². The van der Waals surface area contributed by atoms with Crippen LogP contribution >= 0.6 is 0 Å². The van der Waals surface area contributed by atoms with Crippen LogP contribution < -0.4 is 10.1 Å². The number of fused-ring (bicyclic) bond motifs is 1. The SMILES string of the molecule is CCC(Oc1ccc2ccccc2c1)C(=O)NCc1ccccc1CN1CCCC1. The number of hydrogen-bond donors (Lipinski definition) is 1. The molecule has 0 aliphatic carbocycles. The van der Waals surface area contributed by atoms with Crippen LogP contribution in [0.4, 0.5) is 0 Å².